The van der Waals surface area contributed by atoms with E-state index < -0.39 is 23.4 Å². The van der Waals surface area contributed by atoms with Crippen molar-refractivity contribution in [2.24, 2.45) is 0 Å². The van der Waals surface area contributed by atoms with E-state index in [9.17, 15) is 18.0 Å². The predicted molar refractivity (Wildman–Crippen MR) is 80.1 cm³/mol. The molecule has 3 nitrogen and oxygen atoms in total. The van der Waals surface area contributed by atoms with E-state index in [4.69, 9.17) is 5.11 Å². The molecule has 1 N–H and O–H groups in total. The summed E-state index contributed by atoms with van der Waals surface area (Å²) in [7, 11) is 0. The summed E-state index contributed by atoms with van der Waals surface area (Å²) >= 11 is 3.01. The van der Waals surface area contributed by atoms with E-state index in [0.29, 0.717) is 5.39 Å². The number of halogens is 4. The van der Waals surface area contributed by atoms with Gasteiger partial charge in [0.2, 0.25) is 0 Å². The number of nitrogens with zero attached hydrogens (tertiary/aromatic N) is 1. The molecule has 7 heteroatoms. The summed E-state index contributed by atoms with van der Waals surface area (Å²) in [5.41, 5.74) is -1.52. The monoisotopic (exact) mass is 375 g/mol. The van der Waals surface area contributed by atoms with Gasteiger partial charge in [-0.2, -0.15) is 13.2 Å². The van der Waals surface area contributed by atoms with Gasteiger partial charge in [0, 0.05) is 9.86 Å². The number of aromatic carboxylic acids is 1. The van der Waals surface area contributed by atoms with Gasteiger partial charge in [-0.3, -0.25) is 0 Å². The molecular formula is C15H13BrF3NO2. The first kappa shape index (κ1) is 16.7. The van der Waals surface area contributed by atoms with Crippen molar-refractivity contribution in [1.82, 2.24) is 4.98 Å². The highest BCUT2D eigenvalue weighted by atomic mass is 79.9. The van der Waals surface area contributed by atoms with Crippen LogP contribution in [0.25, 0.3) is 10.9 Å². The molecule has 22 heavy (non-hydrogen) atoms. The summed E-state index contributed by atoms with van der Waals surface area (Å²) in [6, 6.07) is 4.84. The molecule has 2 aromatic rings. The van der Waals surface area contributed by atoms with Crippen molar-refractivity contribution in [3.63, 3.8) is 0 Å². The second-order valence-corrected chi connectivity index (χ2v) is 6.73. The molecule has 0 radical (unpaired) electrons. The fraction of sp³-hybridized carbons (Fsp3) is 0.333. The van der Waals surface area contributed by atoms with Gasteiger partial charge in [0.15, 0.2) is 5.69 Å². The number of carboxylic acids is 1. The summed E-state index contributed by atoms with van der Waals surface area (Å²) in [5.74, 6) is -1.67. The lowest BCUT2D eigenvalue weighted by atomic mass is 9.86. The van der Waals surface area contributed by atoms with Gasteiger partial charge in [-0.25, -0.2) is 9.78 Å². The average Bonchev–Trinajstić information content (AvgIpc) is 2.35. The van der Waals surface area contributed by atoms with E-state index >= 15 is 0 Å². The molecule has 1 aromatic carbocycles. The van der Waals surface area contributed by atoms with E-state index in [2.05, 4.69) is 20.9 Å². The van der Waals surface area contributed by atoms with Gasteiger partial charge >= 0.3 is 12.1 Å². The average molecular weight is 376 g/mol. The topological polar surface area (TPSA) is 50.2 Å². The van der Waals surface area contributed by atoms with Crippen molar-refractivity contribution in [3.8, 4) is 0 Å². The number of alkyl halides is 3. The molecule has 2 rings (SSSR count). The molecule has 0 unspecified atom stereocenters. The lowest BCUT2D eigenvalue weighted by Crippen LogP contribution is -2.17. The number of hydrogen-bond donors (Lipinski definition) is 1. The van der Waals surface area contributed by atoms with Crippen LogP contribution in [0.1, 0.15) is 42.4 Å². The summed E-state index contributed by atoms with van der Waals surface area (Å²) in [6.07, 6.45) is -4.84. The van der Waals surface area contributed by atoms with Crippen LogP contribution in [-0.2, 0) is 11.6 Å². The Bertz CT molecular complexity index is 764. The van der Waals surface area contributed by atoms with Crippen molar-refractivity contribution in [2.75, 3.05) is 0 Å². The number of fused-ring (bicyclic) bond motifs is 1. The van der Waals surface area contributed by atoms with Crippen molar-refractivity contribution in [3.05, 3.63) is 39.5 Å². The van der Waals surface area contributed by atoms with E-state index in [0.717, 1.165) is 5.56 Å². The third kappa shape index (κ3) is 2.95. The zero-order valence-corrected chi connectivity index (χ0v) is 13.6. The second kappa shape index (κ2) is 5.22. The molecule has 0 aliphatic rings. The third-order valence-electron chi connectivity index (χ3n) is 3.27. The van der Waals surface area contributed by atoms with Crippen LogP contribution in [0.2, 0.25) is 0 Å². The summed E-state index contributed by atoms with van der Waals surface area (Å²) in [6.45, 7) is 5.87. The number of rotatable bonds is 1. The summed E-state index contributed by atoms with van der Waals surface area (Å²) in [4.78, 5) is 14.8. The second-order valence-electron chi connectivity index (χ2n) is 5.93. The Morgan fingerprint density at radius 2 is 1.82 bits per heavy atom. The van der Waals surface area contributed by atoms with Gasteiger partial charge in [0.1, 0.15) is 5.56 Å². The van der Waals surface area contributed by atoms with E-state index in [-0.39, 0.29) is 15.4 Å². The molecule has 0 bridgehead atoms. The number of carbonyl (C=O) groups is 1. The molecular weight excluding hydrogens is 363 g/mol. The van der Waals surface area contributed by atoms with Crippen LogP contribution in [-0.4, -0.2) is 16.1 Å². The van der Waals surface area contributed by atoms with E-state index in [1.165, 1.54) is 6.07 Å². The molecule has 0 aliphatic carbocycles. The number of benzene rings is 1. The maximum absolute atomic E-state index is 13.0. The zero-order chi connectivity index (χ0) is 16.9. The molecule has 0 saturated carbocycles. The van der Waals surface area contributed by atoms with Crippen LogP contribution in [0.3, 0.4) is 0 Å². The maximum Gasteiger partial charge on any atom is 0.434 e. The van der Waals surface area contributed by atoms with Gasteiger partial charge in [-0.05, 0) is 39.0 Å². The minimum Gasteiger partial charge on any atom is -0.478 e. The Labute approximate surface area is 133 Å². The smallest absolute Gasteiger partial charge is 0.434 e. The largest absolute Gasteiger partial charge is 0.478 e. The predicted octanol–water partition coefficient (Wildman–Crippen LogP) is 5.01. The SMILES string of the molecule is CC(C)(C)c1ccc2nc(C(F)(F)F)c(C(=O)O)c(Br)c2c1. The molecule has 0 atom stereocenters. The third-order valence-corrected chi connectivity index (χ3v) is 4.09. The standard InChI is InChI=1S/C15H13BrF3NO2/c1-14(2,3)7-4-5-9-8(6-7)11(16)10(13(21)22)12(20-9)15(17,18)19/h4-6H,1-3H3,(H,21,22). The molecule has 0 amide bonds. The molecule has 0 fully saturated rings. The van der Waals surface area contributed by atoms with Crippen molar-refractivity contribution < 1.29 is 23.1 Å². The van der Waals surface area contributed by atoms with Crippen molar-refractivity contribution in [1.29, 1.82) is 0 Å². The van der Waals surface area contributed by atoms with Crippen molar-refractivity contribution in [2.45, 2.75) is 32.4 Å². The maximum atomic E-state index is 13.0. The molecule has 118 valence electrons. The van der Waals surface area contributed by atoms with Gasteiger partial charge in [-0.15, -0.1) is 0 Å². The minimum absolute atomic E-state index is 0.0946. The lowest BCUT2D eigenvalue weighted by molar-refractivity contribution is -0.141. The van der Waals surface area contributed by atoms with Crippen LogP contribution >= 0.6 is 15.9 Å². The zero-order valence-electron chi connectivity index (χ0n) is 12.0. The molecule has 1 heterocycles. The minimum atomic E-state index is -4.84. The van der Waals surface area contributed by atoms with Gasteiger partial charge in [0.05, 0.1) is 5.52 Å². The van der Waals surface area contributed by atoms with Crippen LogP contribution in [0.5, 0.6) is 0 Å². The highest BCUT2D eigenvalue weighted by molar-refractivity contribution is 9.10. The highest BCUT2D eigenvalue weighted by Crippen LogP contribution is 2.38. The Kier molecular flexibility index (Phi) is 3.97. The molecule has 1 aromatic heterocycles. The van der Waals surface area contributed by atoms with Gasteiger partial charge in [0.25, 0.3) is 0 Å². The Morgan fingerprint density at radius 1 is 1.23 bits per heavy atom. The molecule has 0 saturated heterocycles. The first-order valence-electron chi connectivity index (χ1n) is 6.37. The number of pyridine rings is 1. The first-order chi connectivity index (χ1) is 9.93. The lowest BCUT2D eigenvalue weighted by Gasteiger charge is -2.20. The first-order valence-corrected chi connectivity index (χ1v) is 7.16. The molecule has 0 aliphatic heterocycles. The van der Waals surface area contributed by atoms with Crippen LogP contribution in [0.15, 0.2) is 22.7 Å². The van der Waals surface area contributed by atoms with Gasteiger partial charge < -0.3 is 5.11 Å². The summed E-state index contributed by atoms with van der Waals surface area (Å²) in [5, 5.41) is 9.47. The number of hydrogen-bond acceptors (Lipinski definition) is 2. The number of carboxylic acid groups (broad SMARTS) is 1. The van der Waals surface area contributed by atoms with Crippen LogP contribution in [0.4, 0.5) is 13.2 Å². The fourth-order valence-electron chi connectivity index (χ4n) is 2.09. The Balaban J connectivity index is 2.89. The van der Waals surface area contributed by atoms with Crippen LogP contribution < -0.4 is 0 Å². The Morgan fingerprint density at radius 3 is 2.27 bits per heavy atom. The van der Waals surface area contributed by atoms with E-state index in [1.807, 2.05) is 20.8 Å². The highest BCUT2D eigenvalue weighted by Gasteiger charge is 2.39. The normalized spacial score (nSPS) is 12.7. The molecule has 0 spiro atoms. The Hall–Kier alpha value is -1.63. The van der Waals surface area contributed by atoms with Crippen LogP contribution in [0, 0.1) is 0 Å². The van der Waals surface area contributed by atoms with Gasteiger partial charge in [-0.1, -0.05) is 26.8 Å². The number of aromatic nitrogens is 1. The summed E-state index contributed by atoms with van der Waals surface area (Å²) < 4.78 is 39.0. The quantitative estimate of drug-likeness (QED) is 0.761. The fourth-order valence-corrected chi connectivity index (χ4v) is 2.77. The van der Waals surface area contributed by atoms with E-state index in [1.54, 1.807) is 12.1 Å². The van der Waals surface area contributed by atoms with Crippen molar-refractivity contribution >= 4 is 32.8 Å².